The highest BCUT2D eigenvalue weighted by Gasteiger charge is 2.27. The summed E-state index contributed by atoms with van der Waals surface area (Å²) in [6, 6.07) is 0.0281. The van der Waals surface area contributed by atoms with Crippen molar-refractivity contribution in [3.05, 3.63) is 0 Å². The zero-order valence-electron chi connectivity index (χ0n) is 10.8. The fourth-order valence-electron chi connectivity index (χ4n) is 2.38. The fourth-order valence-corrected chi connectivity index (χ4v) is 2.38. The maximum Gasteiger partial charge on any atom is 0.320 e. The van der Waals surface area contributed by atoms with Gasteiger partial charge in [0, 0.05) is 6.04 Å². The molecule has 1 atom stereocenters. The molecule has 1 fully saturated rings. The molecule has 0 aliphatic heterocycles. The van der Waals surface area contributed by atoms with Crippen LogP contribution < -0.4 is 5.32 Å². The Balaban J connectivity index is 2.47. The summed E-state index contributed by atoms with van der Waals surface area (Å²) >= 11 is 0. The summed E-state index contributed by atoms with van der Waals surface area (Å²) in [6.45, 7) is 6.27. The number of hydrogen-bond acceptors (Lipinski definition) is 2. The molecule has 1 unspecified atom stereocenters. The predicted molar refractivity (Wildman–Crippen MR) is 65.5 cm³/mol. The number of carboxylic acids is 1. The molecule has 1 saturated carbocycles. The molecule has 0 aromatic rings. The van der Waals surface area contributed by atoms with Crippen LogP contribution in [0, 0.1) is 5.41 Å². The van der Waals surface area contributed by atoms with Crippen molar-refractivity contribution < 1.29 is 9.90 Å². The number of hydrogen-bond donors (Lipinski definition) is 2. The zero-order valence-corrected chi connectivity index (χ0v) is 10.8. The highest BCUT2D eigenvalue weighted by molar-refractivity contribution is 5.73. The third-order valence-electron chi connectivity index (χ3n) is 3.16. The number of carbonyl (C=O) groups is 1. The Morgan fingerprint density at radius 3 is 2.31 bits per heavy atom. The average Bonchev–Trinajstić information content (AvgIpc) is 2.16. The first-order valence-corrected chi connectivity index (χ1v) is 6.37. The Morgan fingerprint density at radius 1 is 1.31 bits per heavy atom. The van der Waals surface area contributed by atoms with Gasteiger partial charge in [-0.25, -0.2) is 0 Å². The van der Waals surface area contributed by atoms with Gasteiger partial charge in [-0.15, -0.1) is 0 Å². The lowest BCUT2D eigenvalue weighted by molar-refractivity contribution is -0.140. The van der Waals surface area contributed by atoms with E-state index < -0.39 is 5.97 Å². The molecule has 0 heterocycles. The monoisotopic (exact) mass is 227 g/mol. The Hall–Kier alpha value is -0.570. The smallest absolute Gasteiger partial charge is 0.320 e. The molecule has 0 spiro atoms. The number of aliphatic carboxylic acids is 1. The highest BCUT2D eigenvalue weighted by atomic mass is 16.4. The molecule has 0 amide bonds. The molecule has 1 aliphatic rings. The van der Waals surface area contributed by atoms with Crippen LogP contribution in [-0.4, -0.2) is 23.2 Å². The van der Waals surface area contributed by atoms with Crippen molar-refractivity contribution in [2.75, 3.05) is 0 Å². The molecular formula is C13H25NO2. The van der Waals surface area contributed by atoms with E-state index in [1.54, 1.807) is 0 Å². The van der Waals surface area contributed by atoms with E-state index in [0.29, 0.717) is 12.5 Å². The lowest BCUT2D eigenvalue weighted by atomic mass is 9.87. The van der Waals surface area contributed by atoms with E-state index in [-0.39, 0.29) is 11.5 Å². The van der Waals surface area contributed by atoms with Gasteiger partial charge in [0.05, 0.1) is 0 Å². The van der Waals surface area contributed by atoms with Gasteiger partial charge in [0.1, 0.15) is 6.04 Å². The van der Waals surface area contributed by atoms with E-state index in [1.165, 1.54) is 19.3 Å². The van der Waals surface area contributed by atoms with Gasteiger partial charge in [0.15, 0.2) is 0 Å². The first-order chi connectivity index (χ1) is 7.38. The SMILES string of the molecule is CC(C)(C)CC(NC1CCCCC1)C(=O)O. The van der Waals surface area contributed by atoms with Gasteiger partial charge in [-0.05, 0) is 24.7 Å². The number of nitrogens with one attached hydrogen (secondary N) is 1. The maximum atomic E-state index is 11.2. The second-order valence-corrected chi connectivity index (χ2v) is 6.16. The molecule has 16 heavy (non-hydrogen) atoms. The topological polar surface area (TPSA) is 49.3 Å². The Morgan fingerprint density at radius 2 is 1.88 bits per heavy atom. The van der Waals surface area contributed by atoms with Gasteiger partial charge in [0.2, 0.25) is 0 Å². The Labute approximate surface area is 98.6 Å². The molecule has 3 nitrogen and oxygen atoms in total. The second kappa shape index (κ2) is 5.67. The average molecular weight is 227 g/mol. The van der Waals surface area contributed by atoms with Crippen LogP contribution in [0.2, 0.25) is 0 Å². The zero-order chi connectivity index (χ0) is 12.2. The van der Waals surface area contributed by atoms with Crippen LogP contribution in [0.3, 0.4) is 0 Å². The minimum Gasteiger partial charge on any atom is -0.480 e. The van der Waals surface area contributed by atoms with Crippen LogP contribution in [0.15, 0.2) is 0 Å². The van der Waals surface area contributed by atoms with Crippen molar-refractivity contribution in [2.24, 2.45) is 5.41 Å². The molecule has 0 radical (unpaired) electrons. The van der Waals surface area contributed by atoms with Crippen molar-refractivity contribution in [1.82, 2.24) is 5.32 Å². The molecular weight excluding hydrogens is 202 g/mol. The molecule has 0 aromatic heterocycles. The fraction of sp³-hybridized carbons (Fsp3) is 0.923. The van der Waals surface area contributed by atoms with E-state index in [4.69, 9.17) is 0 Å². The van der Waals surface area contributed by atoms with Gasteiger partial charge in [0.25, 0.3) is 0 Å². The third kappa shape index (κ3) is 4.97. The quantitative estimate of drug-likeness (QED) is 0.776. The molecule has 0 aromatic carbocycles. The molecule has 1 rings (SSSR count). The first-order valence-electron chi connectivity index (χ1n) is 6.37. The summed E-state index contributed by atoms with van der Waals surface area (Å²) in [5, 5.41) is 12.5. The van der Waals surface area contributed by atoms with Crippen LogP contribution in [0.5, 0.6) is 0 Å². The minimum absolute atomic E-state index is 0.0602. The molecule has 2 N–H and O–H groups in total. The number of carboxylic acid groups (broad SMARTS) is 1. The molecule has 0 saturated heterocycles. The third-order valence-corrected chi connectivity index (χ3v) is 3.16. The summed E-state index contributed by atoms with van der Waals surface area (Å²) in [5.74, 6) is -0.708. The summed E-state index contributed by atoms with van der Waals surface area (Å²) in [6.07, 6.45) is 6.73. The molecule has 1 aliphatic carbocycles. The summed E-state index contributed by atoms with van der Waals surface area (Å²) in [4.78, 5) is 11.2. The minimum atomic E-state index is -0.708. The van der Waals surface area contributed by atoms with Gasteiger partial charge in [-0.2, -0.15) is 0 Å². The Kier molecular flexibility index (Phi) is 4.78. The molecule has 0 bridgehead atoms. The maximum absolute atomic E-state index is 11.2. The molecule has 94 valence electrons. The standard InChI is InChI=1S/C13H25NO2/c1-13(2,3)9-11(12(15)16)14-10-7-5-4-6-8-10/h10-11,14H,4-9H2,1-3H3,(H,15,16). The highest BCUT2D eigenvalue weighted by Crippen LogP contribution is 2.23. The van der Waals surface area contributed by atoms with E-state index in [0.717, 1.165) is 12.8 Å². The van der Waals surface area contributed by atoms with Crippen molar-refractivity contribution in [2.45, 2.75) is 71.4 Å². The van der Waals surface area contributed by atoms with Gasteiger partial charge in [-0.3, -0.25) is 4.79 Å². The summed E-state index contributed by atoms with van der Waals surface area (Å²) in [5.41, 5.74) is 0.0602. The van der Waals surface area contributed by atoms with Crippen LogP contribution >= 0.6 is 0 Å². The van der Waals surface area contributed by atoms with Gasteiger partial charge < -0.3 is 10.4 Å². The van der Waals surface area contributed by atoms with Crippen LogP contribution in [0.25, 0.3) is 0 Å². The van der Waals surface area contributed by atoms with E-state index in [1.807, 2.05) is 0 Å². The van der Waals surface area contributed by atoms with E-state index in [9.17, 15) is 9.90 Å². The van der Waals surface area contributed by atoms with Gasteiger partial charge in [-0.1, -0.05) is 40.0 Å². The Bertz CT molecular complexity index is 227. The van der Waals surface area contributed by atoms with Crippen molar-refractivity contribution in [3.8, 4) is 0 Å². The van der Waals surface area contributed by atoms with Crippen molar-refractivity contribution in [3.63, 3.8) is 0 Å². The number of rotatable bonds is 4. The lowest BCUT2D eigenvalue weighted by Gasteiger charge is -2.30. The predicted octanol–water partition coefficient (Wildman–Crippen LogP) is 2.80. The van der Waals surface area contributed by atoms with Crippen LogP contribution in [0.4, 0.5) is 0 Å². The molecule has 3 heteroatoms. The lowest BCUT2D eigenvalue weighted by Crippen LogP contribution is -2.45. The van der Waals surface area contributed by atoms with Crippen LogP contribution in [0.1, 0.15) is 59.3 Å². The second-order valence-electron chi connectivity index (χ2n) is 6.16. The summed E-state index contributed by atoms with van der Waals surface area (Å²) in [7, 11) is 0. The van der Waals surface area contributed by atoms with Crippen LogP contribution in [-0.2, 0) is 4.79 Å². The van der Waals surface area contributed by atoms with Crippen molar-refractivity contribution in [1.29, 1.82) is 0 Å². The normalized spacial score (nSPS) is 20.7. The first kappa shape index (κ1) is 13.5. The van der Waals surface area contributed by atoms with Crippen molar-refractivity contribution >= 4 is 5.97 Å². The largest absolute Gasteiger partial charge is 0.480 e. The van der Waals surface area contributed by atoms with E-state index in [2.05, 4.69) is 26.1 Å². The van der Waals surface area contributed by atoms with Gasteiger partial charge >= 0.3 is 5.97 Å². The summed E-state index contributed by atoms with van der Waals surface area (Å²) < 4.78 is 0. The van der Waals surface area contributed by atoms with E-state index >= 15 is 0 Å².